The Balaban J connectivity index is 4.69. The predicted molar refractivity (Wildman–Crippen MR) is 221 cm³/mol. The normalized spacial score (nSPS) is 12.3. The van der Waals surface area contributed by atoms with Gasteiger partial charge in [-0.1, -0.05) is 214 Å². The minimum atomic E-state index is -0.0528. The molecule has 49 heavy (non-hydrogen) atoms. The fourth-order valence-corrected chi connectivity index (χ4v) is 7.22. The van der Waals surface area contributed by atoms with Gasteiger partial charge in [-0.25, -0.2) is 0 Å². The second-order valence-corrected chi connectivity index (χ2v) is 15.7. The fourth-order valence-electron chi connectivity index (χ4n) is 7.22. The average molecular weight is 692 g/mol. The molecule has 4 nitrogen and oxygen atoms in total. The number of nitrogens with one attached hydrogen (secondary N) is 2. The van der Waals surface area contributed by atoms with Crippen LogP contribution in [0.3, 0.4) is 0 Å². The summed E-state index contributed by atoms with van der Waals surface area (Å²) >= 11 is 0. The van der Waals surface area contributed by atoms with Crippen molar-refractivity contribution in [2.75, 3.05) is 32.7 Å². The molecule has 0 spiro atoms. The average Bonchev–Trinajstić information content (AvgIpc) is 3.11. The van der Waals surface area contributed by atoms with Crippen molar-refractivity contribution in [3.05, 3.63) is 0 Å². The Kier molecular flexibility index (Phi) is 41.3. The molecule has 0 saturated heterocycles. The highest BCUT2D eigenvalue weighted by Gasteiger charge is 2.19. The van der Waals surface area contributed by atoms with Gasteiger partial charge in [-0.15, -0.1) is 0 Å². The number of carbonyl (C=O) groups is 1. The number of rotatable bonds is 42. The maximum Gasteiger partial charge on any atom is 0.237 e. The summed E-state index contributed by atoms with van der Waals surface area (Å²) in [4.78, 5) is 16.2. The Morgan fingerprint density at radius 1 is 0.388 bits per heavy atom. The Morgan fingerprint density at radius 3 is 1.06 bits per heavy atom. The van der Waals surface area contributed by atoms with E-state index in [2.05, 4.69) is 43.2 Å². The van der Waals surface area contributed by atoms with Crippen molar-refractivity contribution in [2.45, 2.75) is 252 Å². The molecular formula is C45H93N3O. The molecule has 1 atom stereocenters. The first kappa shape index (κ1) is 48.4. The van der Waals surface area contributed by atoms with E-state index in [1.165, 1.54) is 219 Å². The van der Waals surface area contributed by atoms with Gasteiger partial charge in [0.1, 0.15) is 0 Å². The molecule has 4 heteroatoms. The summed E-state index contributed by atoms with van der Waals surface area (Å²) in [6.45, 7) is 14.5. The second-order valence-electron chi connectivity index (χ2n) is 15.7. The molecule has 0 radical (unpaired) electrons. The van der Waals surface area contributed by atoms with Crippen molar-refractivity contribution in [1.29, 1.82) is 0 Å². The molecule has 0 heterocycles. The number of hydrogen-bond acceptors (Lipinski definition) is 3. The lowest BCUT2D eigenvalue weighted by Gasteiger charge is -2.26. The molecule has 0 aliphatic heterocycles. The molecule has 0 aliphatic rings. The molecule has 294 valence electrons. The zero-order valence-corrected chi connectivity index (χ0v) is 34.5. The third kappa shape index (κ3) is 37.0. The zero-order chi connectivity index (χ0) is 35.7. The van der Waals surface area contributed by atoms with E-state index in [0.29, 0.717) is 0 Å². The van der Waals surface area contributed by atoms with Crippen LogP contribution in [-0.2, 0) is 4.79 Å². The second kappa shape index (κ2) is 41.8. The maximum atomic E-state index is 13.5. The molecular weight excluding hydrogens is 599 g/mol. The van der Waals surface area contributed by atoms with E-state index in [-0.39, 0.29) is 11.9 Å². The Hall–Kier alpha value is -0.610. The van der Waals surface area contributed by atoms with Crippen molar-refractivity contribution < 1.29 is 4.79 Å². The van der Waals surface area contributed by atoms with E-state index >= 15 is 0 Å². The van der Waals surface area contributed by atoms with Crippen molar-refractivity contribution in [2.24, 2.45) is 0 Å². The van der Waals surface area contributed by atoms with E-state index in [9.17, 15) is 4.79 Å². The Bertz CT molecular complexity index is 608. The van der Waals surface area contributed by atoms with E-state index in [1.54, 1.807) is 0 Å². The van der Waals surface area contributed by atoms with Crippen molar-refractivity contribution in [3.63, 3.8) is 0 Å². The maximum absolute atomic E-state index is 13.5. The van der Waals surface area contributed by atoms with Crippen LogP contribution >= 0.6 is 0 Å². The zero-order valence-electron chi connectivity index (χ0n) is 34.5. The van der Waals surface area contributed by atoms with E-state index in [0.717, 1.165) is 32.5 Å². The summed E-state index contributed by atoms with van der Waals surface area (Å²) in [5.41, 5.74) is 0. The minimum absolute atomic E-state index is 0.0528. The van der Waals surface area contributed by atoms with Crippen LogP contribution in [-0.4, -0.2) is 49.6 Å². The number of unbranched alkanes of at least 4 members (excludes halogenated alkanes) is 29. The largest absolute Gasteiger partial charge is 0.355 e. The van der Waals surface area contributed by atoms with Crippen molar-refractivity contribution >= 4 is 5.91 Å². The van der Waals surface area contributed by atoms with Gasteiger partial charge in [0.05, 0.1) is 6.04 Å². The predicted octanol–water partition coefficient (Wildman–Crippen LogP) is 13.7. The van der Waals surface area contributed by atoms with Gasteiger partial charge in [0.25, 0.3) is 0 Å². The summed E-state index contributed by atoms with van der Waals surface area (Å²) in [5, 5.41) is 7.08. The first-order valence-electron chi connectivity index (χ1n) is 22.9. The molecule has 1 unspecified atom stereocenters. The fraction of sp³-hybridized carbons (Fsp3) is 0.978. The molecule has 0 aromatic heterocycles. The molecule has 0 aromatic carbocycles. The van der Waals surface area contributed by atoms with Gasteiger partial charge in [-0.2, -0.15) is 0 Å². The van der Waals surface area contributed by atoms with E-state index in [1.807, 2.05) is 0 Å². The molecule has 0 aromatic rings. The number of carbonyl (C=O) groups excluding carboxylic acids is 1. The van der Waals surface area contributed by atoms with Gasteiger partial charge in [0.2, 0.25) is 5.91 Å². The summed E-state index contributed by atoms with van der Waals surface area (Å²) in [5.74, 6) is 0.248. The number of nitrogens with zero attached hydrogens (tertiary/aromatic N) is 1. The third-order valence-electron chi connectivity index (χ3n) is 10.7. The number of amides is 1. The monoisotopic (exact) mass is 692 g/mol. The smallest absolute Gasteiger partial charge is 0.237 e. The summed E-state index contributed by atoms with van der Waals surface area (Å²) in [6, 6.07) is -0.0528. The van der Waals surface area contributed by atoms with Gasteiger partial charge in [0.15, 0.2) is 0 Å². The first-order chi connectivity index (χ1) is 24.2. The lowest BCUT2D eigenvalue weighted by atomic mass is 10.1. The highest BCUT2D eigenvalue weighted by molar-refractivity contribution is 5.81. The van der Waals surface area contributed by atoms with Gasteiger partial charge < -0.3 is 15.5 Å². The van der Waals surface area contributed by atoms with Crippen LogP contribution in [0.15, 0.2) is 0 Å². The van der Waals surface area contributed by atoms with Crippen LogP contribution in [0.1, 0.15) is 246 Å². The molecule has 0 saturated carbocycles. The summed E-state index contributed by atoms with van der Waals surface area (Å²) < 4.78 is 0. The lowest BCUT2D eigenvalue weighted by molar-refractivity contribution is -0.123. The van der Waals surface area contributed by atoms with Crippen LogP contribution in [0.4, 0.5) is 0 Å². The van der Waals surface area contributed by atoms with Gasteiger partial charge in [-0.3, -0.25) is 4.79 Å². The standard InChI is InChI=1S/C45H93N3O/c1-5-9-13-17-21-22-23-24-25-27-31-35-40-47-45(49)44(46-39-34-30-26-18-14-10-6-2)38-43-48(41-36-32-28-19-15-11-7-3)42-37-33-29-20-16-12-8-4/h44,46H,5-43H2,1-4H3,(H,47,49). The first-order valence-corrected chi connectivity index (χ1v) is 22.9. The molecule has 0 bridgehead atoms. The molecule has 0 fully saturated rings. The van der Waals surface area contributed by atoms with Crippen LogP contribution < -0.4 is 10.6 Å². The SMILES string of the molecule is CCCCCCCCCCCCCCNC(=O)C(CCN(CCCCCCCCC)CCCCCCCCC)NCCCCCCCCC. The van der Waals surface area contributed by atoms with Crippen LogP contribution in [0.25, 0.3) is 0 Å². The molecule has 2 N–H and O–H groups in total. The molecule has 0 rings (SSSR count). The van der Waals surface area contributed by atoms with E-state index < -0.39 is 0 Å². The van der Waals surface area contributed by atoms with Crippen LogP contribution in [0.2, 0.25) is 0 Å². The Morgan fingerprint density at radius 2 is 0.694 bits per heavy atom. The summed E-state index contributed by atoms with van der Waals surface area (Å²) in [7, 11) is 0. The lowest BCUT2D eigenvalue weighted by Crippen LogP contribution is -2.46. The van der Waals surface area contributed by atoms with Crippen LogP contribution in [0, 0.1) is 0 Å². The number of hydrogen-bond donors (Lipinski definition) is 2. The quantitative estimate of drug-likeness (QED) is 0.0626. The molecule has 0 aliphatic carbocycles. The topological polar surface area (TPSA) is 44.4 Å². The van der Waals surface area contributed by atoms with Crippen LogP contribution in [0.5, 0.6) is 0 Å². The highest BCUT2D eigenvalue weighted by atomic mass is 16.2. The van der Waals surface area contributed by atoms with Crippen molar-refractivity contribution in [3.8, 4) is 0 Å². The third-order valence-corrected chi connectivity index (χ3v) is 10.7. The molecule has 1 amide bonds. The Labute approximate surface area is 310 Å². The van der Waals surface area contributed by atoms with Gasteiger partial charge in [-0.05, 0) is 51.7 Å². The van der Waals surface area contributed by atoms with Gasteiger partial charge in [0, 0.05) is 13.1 Å². The summed E-state index contributed by atoms with van der Waals surface area (Å²) in [6.07, 6.45) is 45.6. The minimum Gasteiger partial charge on any atom is -0.355 e. The highest BCUT2D eigenvalue weighted by Crippen LogP contribution is 2.14. The van der Waals surface area contributed by atoms with Gasteiger partial charge >= 0.3 is 0 Å². The van der Waals surface area contributed by atoms with E-state index in [4.69, 9.17) is 0 Å². The van der Waals surface area contributed by atoms with Crippen molar-refractivity contribution in [1.82, 2.24) is 15.5 Å².